The zero-order valence-electron chi connectivity index (χ0n) is 11.1. The van der Waals surface area contributed by atoms with Crippen molar-refractivity contribution >= 4 is 17.4 Å². The predicted molar refractivity (Wildman–Crippen MR) is 78.9 cm³/mol. The minimum atomic E-state index is -0.0611. The third kappa shape index (κ3) is 4.00. The summed E-state index contributed by atoms with van der Waals surface area (Å²) < 4.78 is 11.0. The molecule has 0 radical (unpaired) electrons. The molecule has 0 saturated heterocycles. The van der Waals surface area contributed by atoms with Gasteiger partial charge in [0.15, 0.2) is 5.78 Å². The highest BCUT2D eigenvalue weighted by Crippen LogP contribution is 2.23. The minimum absolute atomic E-state index is 0.0611. The second kappa shape index (κ2) is 6.96. The quantitative estimate of drug-likeness (QED) is 0.596. The molecular weight excluding hydrogens is 276 g/mol. The molecule has 0 saturated carbocycles. The number of rotatable bonds is 6. The van der Waals surface area contributed by atoms with Gasteiger partial charge in [0.1, 0.15) is 24.7 Å². The molecule has 2 aromatic carbocycles. The van der Waals surface area contributed by atoms with Gasteiger partial charge in [-0.2, -0.15) is 0 Å². The van der Waals surface area contributed by atoms with Crippen LogP contribution in [-0.4, -0.2) is 19.0 Å². The number of benzene rings is 2. The number of carbonyl (C=O) groups excluding carboxylic acids is 1. The van der Waals surface area contributed by atoms with Crippen molar-refractivity contribution in [3.05, 3.63) is 59.1 Å². The Labute approximate surface area is 123 Å². The average Bonchev–Trinajstić information content (AvgIpc) is 2.44. The van der Waals surface area contributed by atoms with E-state index in [1.54, 1.807) is 18.2 Å². The molecule has 104 valence electrons. The van der Waals surface area contributed by atoms with Gasteiger partial charge in [0, 0.05) is 5.56 Å². The summed E-state index contributed by atoms with van der Waals surface area (Å²) in [5, 5.41) is 0.402. The zero-order valence-corrected chi connectivity index (χ0v) is 11.9. The van der Waals surface area contributed by atoms with E-state index in [4.69, 9.17) is 21.1 Å². The highest BCUT2D eigenvalue weighted by Gasteiger charge is 2.06. The molecule has 0 aromatic heterocycles. The van der Waals surface area contributed by atoms with E-state index < -0.39 is 0 Å². The van der Waals surface area contributed by atoms with Gasteiger partial charge in [-0.05, 0) is 37.3 Å². The number of para-hydroxylation sites is 1. The lowest BCUT2D eigenvalue weighted by molar-refractivity contribution is 0.101. The van der Waals surface area contributed by atoms with Crippen molar-refractivity contribution in [3.8, 4) is 11.5 Å². The molecule has 0 amide bonds. The Morgan fingerprint density at radius 1 is 1.00 bits per heavy atom. The van der Waals surface area contributed by atoms with Crippen LogP contribution in [0.2, 0.25) is 5.02 Å². The molecule has 0 aliphatic rings. The number of Topliss-reactive ketones (excluding diaryl/α,β-unsaturated/α-hetero) is 1. The number of hydrogen-bond donors (Lipinski definition) is 0. The fourth-order valence-corrected chi connectivity index (χ4v) is 2.01. The van der Waals surface area contributed by atoms with E-state index in [0.29, 0.717) is 29.5 Å². The molecule has 0 bridgehead atoms. The Balaban J connectivity index is 1.83. The Bertz CT molecular complexity index is 582. The highest BCUT2D eigenvalue weighted by atomic mass is 35.5. The third-order valence-electron chi connectivity index (χ3n) is 2.68. The van der Waals surface area contributed by atoms with Crippen LogP contribution in [0.3, 0.4) is 0 Å². The van der Waals surface area contributed by atoms with E-state index in [0.717, 1.165) is 5.75 Å². The van der Waals surface area contributed by atoms with Crippen LogP contribution in [0.25, 0.3) is 0 Å². The lowest BCUT2D eigenvalue weighted by Crippen LogP contribution is -2.09. The Hall–Kier alpha value is -2.00. The second-order valence-corrected chi connectivity index (χ2v) is 4.62. The summed E-state index contributed by atoms with van der Waals surface area (Å²) in [7, 11) is 0. The van der Waals surface area contributed by atoms with Crippen LogP contribution in [0.15, 0.2) is 48.5 Å². The summed E-state index contributed by atoms with van der Waals surface area (Å²) in [6.07, 6.45) is 0. The fourth-order valence-electron chi connectivity index (χ4n) is 1.71. The molecule has 4 heteroatoms. The average molecular weight is 291 g/mol. The fraction of sp³-hybridized carbons (Fsp3) is 0.188. The molecule has 0 atom stereocenters. The van der Waals surface area contributed by atoms with E-state index in [2.05, 4.69) is 0 Å². The largest absolute Gasteiger partial charge is 0.490 e. The Morgan fingerprint density at radius 2 is 1.65 bits per heavy atom. The van der Waals surface area contributed by atoms with Crippen LogP contribution in [0, 0.1) is 0 Å². The summed E-state index contributed by atoms with van der Waals surface area (Å²) in [6, 6.07) is 14.6. The van der Waals surface area contributed by atoms with E-state index in [-0.39, 0.29) is 5.78 Å². The molecule has 0 unspecified atom stereocenters. The van der Waals surface area contributed by atoms with Crippen LogP contribution in [0.5, 0.6) is 11.5 Å². The normalized spacial score (nSPS) is 10.1. The molecule has 0 N–H and O–H groups in total. The van der Waals surface area contributed by atoms with Crippen molar-refractivity contribution in [2.45, 2.75) is 6.92 Å². The minimum Gasteiger partial charge on any atom is -0.490 e. The van der Waals surface area contributed by atoms with Crippen molar-refractivity contribution in [1.82, 2.24) is 0 Å². The summed E-state index contributed by atoms with van der Waals surface area (Å²) in [5.74, 6) is 1.37. The molecule has 0 spiro atoms. The maximum absolute atomic E-state index is 11.2. The highest BCUT2D eigenvalue weighted by molar-refractivity contribution is 6.34. The van der Waals surface area contributed by atoms with Crippen molar-refractivity contribution in [1.29, 1.82) is 0 Å². The van der Waals surface area contributed by atoms with Crippen LogP contribution >= 0.6 is 11.6 Å². The van der Waals surface area contributed by atoms with E-state index >= 15 is 0 Å². The molecule has 0 aliphatic carbocycles. The smallest absolute Gasteiger partial charge is 0.161 e. The molecule has 3 nitrogen and oxygen atoms in total. The third-order valence-corrected chi connectivity index (χ3v) is 3.00. The maximum atomic E-state index is 11.2. The monoisotopic (exact) mass is 290 g/mol. The van der Waals surface area contributed by atoms with Gasteiger partial charge in [-0.3, -0.25) is 4.79 Å². The Morgan fingerprint density at radius 3 is 2.25 bits per heavy atom. The summed E-state index contributed by atoms with van der Waals surface area (Å²) in [6.45, 7) is 2.33. The number of carbonyl (C=O) groups is 1. The summed E-state index contributed by atoms with van der Waals surface area (Å²) in [4.78, 5) is 11.2. The lowest BCUT2D eigenvalue weighted by atomic mass is 10.1. The van der Waals surface area contributed by atoms with Gasteiger partial charge in [-0.15, -0.1) is 0 Å². The first-order chi connectivity index (χ1) is 9.66. The zero-order chi connectivity index (χ0) is 14.4. The van der Waals surface area contributed by atoms with Gasteiger partial charge in [-0.25, -0.2) is 0 Å². The number of ketones is 1. The molecule has 0 fully saturated rings. The Kier molecular flexibility index (Phi) is 5.02. The van der Waals surface area contributed by atoms with Gasteiger partial charge in [0.25, 0.3) is 0 Å². The summed E-state index contributed by atoms with van der Waals surface area (Å²) in [5.41, 5.74) is 0.500. The molecule has 20 heavy (non-hydrogen) atoms. The van der Waals surface area contributed by atoms with Crippen LogP contribution in [0.4, 0.5) is 0 Å². The topological polar surface area (TPSA) is 35.5 Å². The van der Waals surface area contributed by atoms with Crippen LogP contribution in [0.1, 0.15) is 17.3 Å². The molecule has 0 heterocycles. The van der Waals surface area contributed by atoms with Gasteiger partial charge >= 0.3 is 0 Å². The van der Waals surface area contributed by atoms with Crippen LogP contribution < -0.4 is 9.47 Å². The molecule has 2 rings (SSSR count). The van der Waals surface area contributed by atoms with Crippen LogP contribution in [-0.2, 0) is 0 Å². The van der Waals surface area contributed by atoms with Crippen molar-refractivity contribution in [3.63, 3.8) is 0 Å². The van der Waals surface area contributed by atoms with Gasteiger partial charge in [0.2, 0.25) is 0 Å². The summed E-state index contributed by atoms with van der Waals surface area (Å²) >= 11 is 6.00. The SMILES string of the molecule is CC(=O)c1ccc(OCCOc2ccccc2)cc1Cl. The lowest BCUT2D eigenvalue weighted by Gasteiger charge is -2.09. The molecular formula is C16H15ClO3. The van der Waals surface area contributed by atoms with Crippen molar-refractivity contribution < 1.29 is 14.3 Å². The molecule has 2 aromatic rings. The first kappa shape index (κ1) is 14.4. The first-order valence-corrected chi connectivity index (χ1v) is 6.66. The van der Waals surface area contributed by atoms with Gasteiger partial charge < -0.3 is 9.47 Å². The van der Waals surface area contributed by atoms with Crippen molar-refractivity contribution in [2.24, 2.45) is 0 Å². The first-order valence-electron chi connectivity index (χ1n) is 6.28. The predicted octanol–water partition coefficient (Wildman–Crippen LogP) is 4.00. The molecule has 0 aliphatic heterocycles. The van der Waals surface area contributed by atoms with E-state index in [1.807, 2.05) is 30.3 Å². The number of halogens is 1. The maximum Gasteiger partial charge on any atom is 0.161 e. The van der Waals surface area contributed by atoms with Gasteiger partial charge in [-0.1, -0.05) is 29.8 Å². The van der Waals surface area contributed by atoms with Gasteiger partial charge in [0.05, 0.1) is 5.02 Å². The van der Waals surface area contributed by atoms with Crippen molar-refractivity contribution in [2.75, 3.05) is 13.2 Å². The van der Waals surface area contributed by atoms with E-state index in [9.17, 15) is 4.79 Å². The number of ether oxygens (including phenoxy) is 2. The van der Waals surface area contributed by atoms with E-state index in [1.165, 1.54) is 6.92 Å². The second-order valence-electron chi connectivity index (χ2n) is 4.21. The number of hydrogen-bond acceptors (Lipinski definition) is 3. The standard InChI is InChI=1S/C16H15ClO3/c1-12(18)15-8-7-14(11-16(15)17)20-10-9-19-13-5-3-2-4-6-13/h2-8,11H,9-10H2,1H3.